The van der Waals surface area contributed by atoms with E-state index in [0.717, 1.165) is 25.9 Å². The Hall–Kier alpha value is -0.130. The van der Waals surface area contributed by atoms with E-state index in [-0.39, 0.29) is 28.0 Å². The van der Waals surface area contributed by atoms with E-state index in [2.05, 4.69) is 11.8 Å². The second-order valence-electron chi connectivity index (χ2n) is 3.30. The lowest BCUT2D eigenvalue weighted by molar-refractivity contribution is 0.328. The molecule has 0 aromatic heterocycles. The molecule has 0 unspecified atom stereocenters. The van der Waals surface area contributed by atoms with Gasteiger partial charge >= 0.3 is 0 Å². The summed E-state index contributed by atoms with van der Waals surface area (Å²) in [6, 6.07) is 0. The van der Waals surface area contributed by atoms with Gasteiger partial charge in [-0.15, -0.1) is 0 Å². The van der Waals surface area contributed by atoms with Crippen molar-refractivity contribution in [3.63, 3.8) is 0 Å². The second-order valence-corrected chi connectivity index (χ2v) is 4.87. The summed E-state index contributed by atoms with van der Waals surface area (Å²) in [5.41, 5.74) is 0. The van der Waals surface area contributed by atoms with Crippen molar-refractivity contribution in [3.8, 4) is 0 Å². The fourth-order valence-corrected chi connectivity index (χ4v) is 1.73. The number of hydrogen-bond acceptors (Lipinski definition) is 3. The zero-order valence-corrected chi connectivity index (χ0v) is 9.18. The van der Waals surface area contributed by atoms with Crippen LogP contribution in [0.5, 0.6) is 0 Å². The van der Waals surface area contributed by atoms with Crippen LogP contribution in [0.2, 0.25) is 0 Å². The van der Waals surface area contributed by atoms with Gasteiger partial charge in [-0.2, -0.15) is 8.42 Å². The van der Waals surface area contributed by atoms with Gasteiger partial charge in [0.15, 0.2) is 0 Å². The van der Waals surface area contributed by atoms with Crippen LogP contribution in [0.1, 0.15) is 48.5 Å². The minimum Gasteiger partial charge on any atom is -0.306 e. The molecule has 0 saturated carbocycles. The van der Waals surface area contributed by atoms with E-state index >= 15 is 0 Å². The van der Waals surface area contributed by atoms with E-state index in [1.165, 1.54) is 0 Å². The second kappa shape index (κ2) is 12.9. The predicted octanol–water partition coefficient (Wildman–Crippen LogP) is 2.90. The lowest BCUT2D eigenvalue weighted by atomic mass is 10.3. The van der Waals surface area contributed by atoms with Crippen LogP contribution >= 0.6 is 0 Å². The third-order valence-electron chi connectivity index (χ3n) is 1.80. The highest BCUT2D eigenvalue weighted by molar-refractivity contribution is 7.85. The molecule has 5 heteroatoms. The Kier molecular flexibility index (Phi) is 20.1. The van der Waals surface area contributed by atoms with E-state index < -0.39 is 10.1 Å². The minimum absolute atomic E-state index is 0. The molecule has 0 bridgehead atoms. The number of hydrogen-bond donors (Lipinski definition) is 1. The first-order valence-electron chi connectivity index (χ1n) is 4.59. The summed E-state index contributed by atoms with van der Waals surface area (Å²) < 4.78 is 29.1. The summed E-state index contributed by atoms with van der Waals surface area (Å²) in [4.78, 5) is 2.16. The van der Waals surface area contributed by atoms with Gasteiger partial charge < -0.3 is 4.90 Å². The van der Waals surface area contributed by atoms with Crippen LogP contribution in [0.15, 0.2) is 0 Å². The van der Waals surface area contributed by atoms with E-state index in [9.17, 15) is 8.42 Å². The van der Waals surface area contributed by atoms with Crippen molar-refractivity contribution in [2.24, 2.45) is 0 Å². The highest BCUT2D eigenvalue weighted by Crippen LogP contribution is 1.96. The first-order valence-corrected chi connectivity index (χ1v) is 6.20. The molecule has 0 heterocycles. The first-order chi connectivity index (χ1) is 5.95. The van der Waals surface area contributed by atoms with Crippen molar-refractivity contribution < 1.29 is 13.0 Å². The van der Waals surface area contributed by atoms with Gasteiger partial charge in [-0.1, -0.05) is 29.2 Å². The molecule has 0 radical (unpaired) electrons. The lowest BCUT2D eigenvalue weighted by Crippen LogP contribution is -2.20. The maximum Gasteiger partial charge on any atom is 0.264 e. The topological polar surface area (TPSA) is 57.6 Å². The van der Waals surface area contributed by atoms with Crippen LogP contribution in [0.3, 0.4) is 0 Å². The molecule has 0 aromatic carbocycles. The molecule has 0 aliphatic carbocycles. The van der Waals surface area contributed by atoms with Crippen LogP contribution in [0.4, 0.5) is 0 Å². The monoisotopic (exact) mass is 257 g/mol. The molecular formula is C11H31NO3S. The third kappa shape index (κ3) is 19.4. The highest BCUT2D eigenvalue weighted by atomic mass is 32.2. The van der Waals surface area contributed by atoms with E-state index in [1.54, 1.807) is 0 Å². The molecule has 4 nitrogen and oxygen atoms in total. The summed E-state index contributed by atoms with van der Waals surface area (Å²) >= 11 is 0. The van der Waals surface area contributed by atoms with E-state index in [4.69, 9.17) is 4.55 Å². The molecule has 1 N–H and O–H groups in total. The Morgan fingerprint density at radius 3 is 1.94 bits per heavy atom. The molecular weight excluding hydrogens is 226 g/mol. The molecule has 16 heavy (non-hydrogen) atoms. The van der Waals surface area contributed by atoms with Gasteiger partial charge in [-0.25, -0.2) is 0 Å². The molecule has 0 aliphatic rings. The van der Waals surface area contributed by atoms with Gasteiger partial charge in [0, 0.05) is 0 Å². The summed E-state index contributed by atoms with van der Waals surface area (Å²) in [6.07, 6.45) is 2.46. The predicted molar refractivity (Wildman–Crippen MR) is 73.6 cm³/mol. The summed E-state index contributed by atoms with van der Waals surface area (Å²) in [5, 5.41) is 0. The Balaban J connectivity index is -0.000000240. The Morgan fingerprint density at radius 1 is 1.06 bits per heavy atom. The van der Waals surface area contributed by atoms with Crippen molar-refractivity contribution >= 4 is 10.1 Å². The molecule has 0 aromatic rings. The van der Waals surface area contributed by atoms with E-state index in [1.807, 2.05) is 7.05 Å². The quantitative estimate of drug-likeness (QED) is 0.563. The maximum atomic E-state index is 10.3. The Labute approximate surface area is 103 Å². The highest BCUT2D eigenvalue weighted by Gasteiger charge is 2.03. The van der Waals surface area contributed by atoms with Gasteiger partial charge in [-0.3, -0.25) is 4.55 Å². The summed E-state index contributed by atoms with van der Waals surface area (Å²) in [5.74, 6) is -0.118. The molecule has 0 spiro atoms. The maximum absolute atomic E-state index is 10.3. The summed E-state index contributed by atoms with van der Waals surface area (Å²) in [7, 11) is -1.74. The fourth-order valence-electron chi connectivity index (χ4n) is 1.16. The Bertz CT molecular complexity index is 215. The largest absolute Gasteiger partial charge is 0.306 e. The number of unbranched alkanes of at least 4 members (excludes halogenated alkanes) is 1. The van der Waals surface area contributed by atoms with Crippen LogP contribution < -0.4 is 0 Å². The smallest absolute Gasteiger partial charge is 0.264 e. The third-order valence-corrected chi connectivity index (χ3v) is 2.60. The number of nitrogens with zero attached hydrogens (tertiary/aromatic N) is 1. The number of rotatable bonds is 7. The molecule has 0 rings (SSSR count). The van der Waals surface area contributed by atoms with Gasteiger partial charge in [0.2, 0.25) is 0 Å². The van der Waals surface area contributed by atoms with Crippen molar-refractivity contribution in [2.45, 2.75) is 48.5 Å². The van der Waals surface area contributed by atoms with Crippen LogP contribution in [0.25, 0.3) is 0 Å². The minimum atomic E-state index is -3.75. The zero-order chi connectivity index (χ0) is 10.3. The molecule has 0 fully saturated rings. The normalized spacial score (nSPS) is 10.0. The SMILES string of the molecule is C.C.C.CCCN(C)CCCCS(=O)(=O)O. The zero-order valence-electron chi connectivity index (χ0n) is 8.36. The van der Waals surface area contributed by atoms with Crippen LogP contribution in [0, 0.1) is 0 Å². The van der Waals surface area contributed by atoms with Gasteiger partial charge in [-0.05, 0) is 39.4 Å². The molecule has 0 atom stereocenters. The molecule has 0 amide bonds. The van der Waals surface area contributed by atoms with Gasteiger partial charge in [0.05, 0.1) is 5.75 Å². The van der Waals surface area contributed by atoms with E-state index in [0.29, 0.717) is 6.42 Å². The standard InChI is InChI=1S/C8H19NO3S.3CH4/c1-3-6-9(2)7-4-5-8-13(10,11)12;;;/h3-8H2,1-2H3,(H,10,11,12);3*1H4. The van der Waals surface area contributed by atoms with Crippen LogP contribution in [-0.4, -0.2) is 43.8 Å². The molecule has 0 saturated heterocycles. The lowest BCUT2D eigenvalue weighted by Gasteiger charge is -2.14. The summed E-state index contributed by atoms with van der Waals surface area (Å²) in [6.45, 7) is 4.03. The van der Waals surface area contributed by atoms with Crippen molar-refractivity contribution in [3.05, 3.63) is 0 Å². The average molecular weight is 257 g/mol. The molecule has 104 valence electrons. The van der Waals surface area contributed by atoms with Crippen molar-refractivity contribution in [1.82, 2.24) is 4.90 Å². The van der Waals surface area contributed by atoms with Gasteiger partial charge in [0.1, 0.15) is 0 Å². The average Bonchev–Trinajstić information content (AvgIpc) is 1.97. The van der Waals surface area contributed by atoms with Crippen molar-refractivity contribution in [2.75, 3.05) is 25.9 Å². The molecule has 0 aliphatic heterocycles. The van der Waals surface area contributed by atoms with Crippen LogP contribution in [-0.2, 0) is 10.1 Å². The van der Waals surface area contributed by atoms with Crippen molar-refractivity contribution in [1.29, 1.82) is 0 Å². The van der Waals surface area contributed by atoms with Gasteiger partial charge in [0.25, 0.3) is 10.1 Å². The first kappa shape index (κ1) is 24.9. The fraction of sp³-hybridized carbons (Fsp3) is 1.00. The Morgan fingerprint density at radius 2 is 1.56 bits per heavy atom.